The summed E-state index contributed by atoms with van der Waals surface area (Å²) in [6.45, 7) is 0. The van der Waals surface area contributed by atoms with Gasteiger partial charge in [-0.25, -0.2) is 0 Å². The fraction of sp³-hybridized carbons (Fsp3) is 0. The first-order valence-electron chi connectivity index (χ1n) is 16.5. The molecule has 2 heterocycles. The van der Waals surface area contributed by atoms with Crippen LogP contribution in [0.5, 0.6) is 0 Å². The van der Waals surface area contributed by atoms with Gasteiger partial charge in [-0.3, -0.25) is 0 Å². The monoisotopic (exact) mass is 610 g/mol. The van der Waals surface area contributed by atoms with Gasteiger partial charge in [0.1, 0.15) is 0 Å². The summed E-state index contributed by atoms with van der Waals surface area (Å²) in [7, 11) is 0. The van der Waals surface area contributed by atoms with Gasteiger partial charge >= 0.3 is 0 Å². The third-order valence-electron chi connectivity index (χ3n) is 9.90. The smallest absolute Gasteiger partial charge is 0.0547 e. The van der Waals surface area contributed by atoms with Crippen LogP contribution in [-0.4, -0.2) is 9.13 Å². The minimum absolute atomic E-state index is 1.16. The van der Waals surface area contributed by atoms with Crippen molar-refractivity contribution in [1.82, 2.24) is 9.13 Å². The molecule has 0 unspecified atom stereocenters. The molecule has 0 saturated carbocycles. The largest absolute Gasteiger partial charge is 0.309 e. The zero-order valence-corrected chi connectivity index (χ0v) is 26.2. The maximum atomic E-state index is 2.41. The van der Waals surface area contributed by atoms with E-state index in [0.717, 1.165) is 5.69 Å². The lowest BCUT2D eigenvalue weighted by molar-refractivity contribution is 1.18. The summed E-state index contributed by atoms with van der Waals surface area (Å²) < 4.78 is 4.81. The first-order chi connectivity index (χ1) is 23.8. The van der Waals surface area contributed by atoms with E-state index in [9.17, 15) is 0 Å². The summed E-state index contributed by atoms with van der Waals surface area (Å²) in [4.78, 5) is 0. The summed E-state index contributed by atoms with van der Waals surface area (Å²) in [5.41, 5.74) is 12.1. The Morgan fingerprint density at radius 1 is 0.250 bits per heavy atom. The number of rotatable bonds is 4. The Kier molecular flexibility index (Phi) is 5.91. The molecule has 0 atom stereocenters. The molecule has 10 aromatic rings. The Hall–Kier alpha value is -6.38. The Morgan fingerprint density at radius 2 is 0.771 bits per heavy atom. The zero-order valence-electron chi connectivity index (χ0n) is 26.2. The SMILES string of the molecule is c1ccc(-c2ccc(-n3c4ccccc4c4ccc(-c5ccc6c(c5)c5ccccc5n6-c5ccc6ccccc6c5)cc43)cc2)cc1. The molecule has 0 aliphatic rings. The van der Waals surface area contributed by atoms with Crippen LogP contribution in [0.2, 0.25) is 0 Å². The summed E-state index contributed by atoms with van der Waals surface area (Å²) >= 11 is 0. The minimum atomic E-state index is 1.16. The van der Waals surface area contributed by atoms with Crippen molar-refractivity contribution in [3.8, 4) is 33.6 Å². The van der Waals surface area contributed by atoms with Crippen LogP contribution in [0.4, 0.5) is 0 Å². The van der Waals surface area contributed by atoms with Crippen molar-refractivity contribution in [2.45, 2.75) is 0 Å². The fourth-order valence-electron chi connectivity index (χ4n) is 7.61. The molecule has 0 aliphatic heterocycles. The van der Waals surface area contributed by atoms with Crippen molar-refractivity contribution in [3.63, 3.8) is 0 Å². The molecule has 2 heteroatoms. The van der Waals surface area contributed by atoms with E-state index < -0.39 is 0 Å². The number of nitrogens with zero attached hydrogens (tertiary/aromatic N) is 2. The Bertz CT molecular complexity index is 2820. The Morgan fingerprint density at radius 3 is 1.56 bits per heavy atom. The predicted molar refractivity (Wildman–Crippen MR) is 203 cm³/mol. The number of hydrogen-bond acceptors (Lipinski definition) is 0. The molecule has 224 valence electrons. The molecular formula is C46H30N2. The summed E-state index contributed by atoms with van der Waals surface area (Å²) in [6, 6.07) is 66.3. The molecule has 0 fully saturated rings. The second-order valence-corrected chi connectivity index (χ2v) is 12.6. The van der Waals surface area contributed by atoms with Gasteiger partial charge in [-0.05, 0) is 87.6 Å². The molecule has 0 amide bonds. The van der Waals surface area contributed by atoms with Crippen LogP contribution in [-0.2, 0) is 0 Å². The lowest BCUT2D eigenvalue weighted by atomic mass is 10.0. The van der Waals surface area contributed by atoms with Crippen molar-refractivity contribution in [2.24, 2.45) is 0 Å². The van der Waals surface area contributed by atoms with E-state index in [-0.39, 0.29) is 0 Å². The number of aromatic nitrogens is 2. The lowest BCUT2D eigenvalue weighted by Crippen LogP contribution is -1.94. The topological polar surface area (TPSA) is 9.86 Å². The highest BCUT2D eigenvalue weighted by Crippen LogP contribution is 2.38. The van der Waals surface area contributed by atoms with Crippen LogP contribution >= 0.6 is 0 Å². The zero-order chi connectivity index (χ0) is 31.6. The quantitative estimate of drug-likeness (QED) is 0.188. The molecule has 0 spiro atoms. The normalized spacial score (nSPS) is 11.8. The maximum absolute atomic E-state index is 2.41. The lowest BCUT2D eigenvalue weighted by Gasteiger charge is -2.11. The van der Waals surface area contributed by atoms with Gasteiger partial charge in [-0.1, -0.05) is 127 Å². The van der Waals surface area contributed by atoms with Gasteiger partial charge in [0.05, 0.1) is 22.1 Å². The second kappa shape index (κ2) is 10.6. The second-order valence-electron chi connectivity index (χ2n) is 12.6. The molecule has 2 aromatic heterocycles. The Labute approximate surface area is 278 Å². The number of para-hydroxylation sites is 2. The molecule has 8 aromatic carbocycles. The van der Waals surface area contributed by atoms with Gasteiger partial charge in [0.15, 0.2) is 0 Å². The van der Waals surface area contributed by atoms with E-state index in [1.807, 2.05) is 0 Å². The van der Waals surface area contributed by atoms with Crippen LogP contribution in [0.1, 0.15) is 0 Å². The standard InChI is InChI=1S/C46H30N2/c1-2-10-31(11-3-1)33-18-23-37(24-19-33)47-43-16-8-6-14-39(43)41-26-21-36(30-46(41)47)35-22-27-45-42(29-35)40-15-7-9-17-44(40)48(45)38-25-20-32-12-4-5-13-34(32)28-38/h1-30H. The first-order valence-corrected chi connectivity index (χ1v) is 16.5. The molecule has 10 rings (SSSR count). The van der Waals surface area contributed by atoms with E-state index in [0.29, 0.717) is 0 Å². The molecule has 0 radical (unpaired) electrons. The highest BCUT2D eigenvalue weighted by atomic mass is 15.0. The van der Waals surface area contributed by atoms with E-state index >= 15 is 0 Å². The average Bonchev–Trinajstić information content (AvgIpc) is 3.67. The minimum Gasteiger partial charge on any atom is -0.309 e. The molecular weight excluding hydrogens is 581 g/mol. The van der Waals surface area contributed by atoms with Crippen molar-refractivity contribution >= 4 is 54.4 Å². The number of benzene rings is 8. The maximum Gasteiger partial charge on any atom is 0.0547 e. The van der Waals surface area contributed by atoms with E-state index in [1.165, 1.54) is 82.3 Å². The Balaban J connectivity index is 1.14. The van der Waals surface area contributed by atoms with Crippen LogP contribution in [0, 0.1) is 0 Å². The van der Waals surface area contributed by atoms with Gasteiger partial charge in [-0.2, -0.15) is 0 Å². The predicted octanol–water partition coefficient (Wildman–Crippen LogP) is 12.4. The molecule has 0 saturated heterocycles. The summed E-state index contributed by atoms with van der Waals surface area (Å²) in [6.07, 6.45) is 0. The van der Waals surface area contributed by atoms with E-state index in [4.69, 9.17) is 0 Å². The van der Waals surface area contributed by atoms with E-state index in [1.54, 1.807) is 0 Å². The van der Waals surface area contributed by atoms with Gasteiger partial charge in [-0.15, -0.1) is 0 Å². The van der Waals surface area contributed by atoms with Crippen LogP contribution in [0.15, 0.2) is 182 Å². The van der Waals surface area contributed by atoms with E-state index in [2.05, 4.69) is 191 Å². The van der Waals surface area contributed by atoms with Crippen LogP contribution in [0.3, 0.4) is 0 Å². The van der Waals surface area contributed by atoms with Gasteiger partial charge in [0.25, 0.3) is 0 Å². The highest BCUT2D eigenvalue weighted by molar-refractivity contribution is 6.12. The summed E-state index contributed by atoms with van der Waals surface area (Å²) in [5.74, 6) is 0. The van der Waals surface area contributed by atoms with Gasteiger partial charge in [0, 0.05) is 32.9 Å². The van der Waals surface area contributed by atoms with Crippen molar-refractivity contribution in [1.29, 1.82) is 0 Å². The fourth-order valence-corrected chi connectivity index (χ4v) is 7.61. The molecule has 0 bridgehead atoms. The van der Waals surface area contributed by atoms with Crippen molar-refractivity contribution in [2.75, 3.05) is 0 Å². The number of hydrogen-bond donors (Lipinski definition) is 0. The highest BCUT2D eigenvalue weighted by Gasteiger charge is 2.16. The molecule has 48 heavy (non-hydrogen) atoms. The summed E-state index contributed by atoms with van der Waals surface area (Å²) in [5, 5.41) is 7.54. The third kappa shape index (κ3) is 4.13. The number of fused-ring (bicyclic) bond motifs is 7. The first kappa shape index (κ1) is 26.8. The van der Waals surface area contributed by atoms with Gasteiger partial charge in [0.2, 0.25) is 0 Å². The molecule has 0 aliphatic carbocycles. The van der Waals surface area contributed by atoms with Gasteiger partial charge < -0.3 is 9.13 Å². The average molecular weight is 611 g/mol. The molecule has 0 N–H and O–H groups in total. The van der Waals surface area contributed by atoms with Crippen LogP contribution < -0.4 is 0 Å². The molecule has 2 nitrogen and oxygen atoms in total. The van der Waals surface area contributed by atoms with Crippen molar-refractivity contribution < 1.29 is 0 Å². The van der Waals surface area contributed by atoms with Crippen molar-refractivity contribution in [3.05, 3.63) is 182 Å². The third-order valence-corrected chi connectivity index (χ3v) is 9.90. The van der Waals surface area contributed by atoms with Crippen LogP contribution in [0.25, 0.3) is 88.0 Å².